The summed E-state index contributed by atoms with van der Waals surface area (Å²) in [4.78, 5) is 12.9. The number of benzene rings is 2. The first-order valence-electron chi connectivity index (χ1n) is 6.26. The van der Waals surface area contributed by atoms with Crippen LogP contribution in [0.3, 0.4) is 0 Å². The van der Waals surface area contributed by atoms with Crippen molar-refractivity contribution >= 4 is 27.6 Å². The van der Waals surface area contributed by atoms with Gasteiger partial charge in [0.15, 0.2) is 9.84 Å². The smallest absolute Gasteiger partial charge is 0.335 e. The number of carboxylic acids is 1. The highest BCUT2D eigenvalue weighted by Gasteiger charge is 2.11. The highest BCUT2D eigenvalue weighted by atomic mass is 32.2. The zero-order chi connectivity index (χ0) is 15.5. The highest BCUT2D eigenvalue weighted by Crippen LogP contribution is 2.29. The molecule has 0 aliphatic heterocycles. The number of carboxylic acid groups (broad SMARTS) is 1. The first kappa shape index (κ1) is 15.6. The van der Waals surface area contributed by atoms with E-state index in [9.17, 15) is 13.2 Å². The Morgan fingerprint density at radius 3 is 2.33 bits per heavy atom. The van der Waals surface area contributed by atoms with E-state index in [1.165, 1.54) is 17.8 Å². The van der Waals surface area contributed by atoms with Gasteiger partial charge in [-0.3, -0.25) is 0 Å². The van der Waals surface area contributed by atoms with Crippen LogP contribution in [0.2, 0.25) is 0 Å². The van der Waals surface area contributed by atoms with Crippen LogP contribution in [0.5, 0.6) is 0 Å². The SMILES string of the molecule is CCS(=O)(=O)c1ccc(Sc2cccc(C(=O)O)c2)cc1. The Kier molecular flexibility index (Phi) is 4.69. The average Bonchev–Trinajstić information content (AvgIpc) is 2.48. The van der Waals surface area contributed by atoms with Crippen LogP contribution in [0.4, 0.5) is 0 Å². The Bertz CT molecular complexity index is 749. The van der Waals surface area contributed by atoms with Crippen molar-refractivity contribution in [3.8, 4) is 0 Å². The number of rotatable bonds is 5. The van der Waals surface area contributed by atoms with E-state index >= 15 is 0 Å². The third-order valence-electron chi connectivity index (χ3n) is 2.88. The minimum absolute atomic E-state index is 0.0696. The Hall–Kier alpha value is -1.79. The van der Waals surface area contributed by atoms with Crippen LogP contribution in [-0.2, 0) is 9.84 Å². The Balaban J connectivity index is 2.21. The number of aromatic carboxylic acids is 1. The molecule has 0 bridgehead atoms. The summed E-state index contributed by atoms with van der Waals surface area (Å²) in [5.74, 6) is -0.901. The van der Waals surface area contributed by atoms with Crippen molar-refractivity contribution in [3.63, 3.8) is 0 Å². The zero-order valence-corrected chi connectivity index (χ0v) is 12.9. The molecule has 0 radical (unpaired) electrons. The molecule has 1 N–H and O–H groups in total. The molecule has 0 aliphatic carbocycles. The highest BCUT2D eigenvalue weighted by molar-refractivity contribution is 7.99. The van der Waals surface area contributed by atoms with Gasteiger partial charge in [0.25, 0.3) is 0 Å². The molecule has 21 heavy (non-hydrogen) atoms. The number of hydrogen-bond acceptors (Lipinski definition) is 4. The summed E-state index contributed by atoms with van der Waals surface area (Å²) in [5, 5.41) is 8.95. The van der Waals surface area contributed by atoms with Crippen LogP contribution in [0.25, 0.3) is 0 Å². The summed E-state index contributed by atoms with van der Waals surface area (Å²) in [6.07, 6.45) is 0. The monoisotopic (exact) mass is 322 g/mol. The van der Waals surface area contributed by atoms with E-state index in [-0.39, 0.29) is 11.3 Å². The zero-order valence-electron chi connectivity index (χ0n) is 11.3. The summed E-state index contributed by atoms with van der Waals surface area (Å²) >= 11 is 1.39. The molecule has 0 saturated heterocycles. The fraction of sp³-hybridized carbons (Fsp3) is 0.133. The van der Waals surface area contributed by atoms with Crippen LogP contribution in [0.1, 0.15) is 17.3 Å². The molecule has 110 valence electrons. The van der Waals surface area contributed by atoms with E-state index in [2.05, 4.69) is 0 Å². The average molecular weight is 322 g/mol. The van der Waals surface area contributed by atoms with Gasteiger partial charge in [0.2, 0.25) is 0 Å². The van der Waals surface area contributed by atoms with Crippen LogP contribution in [-0.4, -0.2) is 25.2 Å². The van der Waals surface area contributed by atoms with E-state index < -0.39 is 15.8 Å². The summed E-state index contributed by atoms with van der Waals surface area (Å²) in [7, 11) is -3.19. The van der Waals surface area contributed by atoms with Crippen molar-refractivity contribution < 1.29 is 18.3 Å². The quantitative estimate of drug-likeness (QED) is 0.914. The van der Waals surface area contributed by atoms with Gasteiger partial charge in [0.05, 0.1) is 16.2 Å². The molecule has 0 heterocycles. The van der Waals surface area contributed by atoms with E-state index in [0.29, 0.717) is 4.90 Å². The molecule has 0 unspecified atom stereocenters. The van der Waals surface area contributed by atoms with Crippen molar-refractivity contribution in [3.05, 3.63) is 54.1 Å². The molecule has 0 amide bonds. The molecule has 0 saturated carbocycles. The molecular weight excluding hydrogens is 308 g/mol. The second-order valence-corrected chi connectivity index (χ2v) is 7.74. The van der Waals surface area contributed by atoms with E-state index in [4.69, 9.17) is 5.11 Å². The van der Waals surface area contributed by atoms with Crippen molar-refractivity contribution in [1.82, 2.24) is 0 Å². The lowest BCUT2D eigenvalue weighted by atomic mass is 10.2. The van der Waals surface area contributed by atoms with Gasteiger partial charge in [-0.1, -0.05) is 24.8 Å². The van der Waals surface area contributed by atoms with Gasteiger partial charge in [-0.2, -0.15) is 0 Å². The van der Waals surface area contributed by atoms with Crippen LogP contribution < -0.4 is 0 Å². The van der Waals surface area contributed by atoms with Crippen molar-refractivity contribution in [2.75, 3.05) is 5.75 Å². The van der Waals surface area contributed by atoms with Crippen molar-refractivity contribution in [2.24, 2.45) is 0 Å². The van der Waals surface area contributed by atoms with Gasteiger partial charge in [-0.25, -0.2) is 13.2 Å². The minimum atomic E-state index is -3.19. The molecular formula is C15H14O4S2. The lowest BCUT2D eigenvalue weighted by Crippen LogP contribution is -2.02. The third kappa shape index (κ3) is 3.86. The molecule has 0 aromatic heterocycles. The fourth-order valence-corrected chi connectivity index (χ4v) is 3.47. The molecule has 4 nitrogen and oxygen atoms in total. The number of sulfone groups is 1. The maximum atomic E-state index is 11.7. The van der Waals surface area contributed by atoms with E-state index in [0.717, 1.165) is 9.79 Å². The van der Waals surface area contributed by atoms with Gasteiger partial charge < -0.3 is 5.11 Å². The maximum absolute atomic E-state index is 11.7. The largest absolute Gasteiger partial charge is 0.478 e. The summed E-state index contributed by atoms with van der Waals surface area (Å²) < 4.78 is 23.4. The number of hydrogen-bond donors (Lipinski definition) is 1. The molecule has 2 rings (SSSR count). The standard InChI is InChI=1S/C15H14O4S2/c1-2-21(18,19)14-8-6-12(7-9-14)20-13-5-3-4-11(10-13)15(16)17/h3-10H,2H2,1H3,(H,16,17). The predicted molar refractivity (Wildman–Crippen MR) is 81.7 cm³/mol. The number of carbonyl (C=O) groups is 1. The van der Waals surface area contributed by atoms with Crippen molar-refractivity contribution in [2.45, 2.75) is 21.6 Å². The van der Waals surface area contributed by atoms with Gasteiger partial charge >= 0.3 is 5.97 Å². The minimum Gasteiger partial charge on any atom is -0.478 e. The molecule has 0 fully saturated rings. The normalized spacial score (nSPS) is 11.3. The van der Waals surface area contributed by atoms with Crippen LogP contribution in [0.15, 0.2) is 63.2 Å². The van der Waals surface area contributed by atoms with Gasteiger partial charge in [0.1, 0.15) is 0 Å². The topological polar surface area (TPSA) is 71.4 Å². The molecule has 0 spiro atoms. The Morgan fingerprint density at radius 1 is 1.10 bits per heavy atom. The van der Waals surface area contributed by atoms with E-state index in [1.807, 2.05) is 6.07 Å². The van der Waals surface area contributed by atoms with Crippen LogP contribution >= 0.6 is 11.8 Å². The molecule has 2 aromatic carbocycles. The maximum Gasteiger partial charge on any atom is 0.335 e. The van der Waals surface area contributed by atoms with Crippen molar-refractivity contribution in [1.29, 1.82) is 0 Å². The molecule has 6 heteroatoms. The molecule has 0 aliphatic rings. The van der Waals surface area contributed by atoms with Gasteiger partial charge in [0, 0.05) is 9.79 Å². The first-order chi connectivity index (χ1) is 9.92. The Labute approximate surface area is 127 Å². The third-order valence-corrected chi connectivity index (χ3v) is 5.63. The first-order valence-corrected chi connectivity index (χ1v) is 8.73. The second kappa shape index (κ2) is 6.32. The fourth-order valence-electron chi connectivity index (χ4n) is 1.71. The summed E-state index contributed by atoms with van der Waals surface area (Å²) in [6, 6.07) is 13.2. The molecule has 0 atom stereocenters. The second-order valence-electron chi connectivity index (χ2n) is 4.31. The predicted octanol–water partition coefficient (Wildman–Crippen LogP) is 3.33. The van der Waals surface area contributed by atoms with Crippen LogP contribution in [0, 0.1) is 0 Å². The van der Waals surface area contributed by atoms with Gasteiger partial charge in [-0.15, -0.1) is 0 Å². The molecule has 2 aromatic rings. The lowest BCUT2D eigenvalue weighted by molar-refractivity contribution is 0.0696. The lowest BCUT2D eigenvalue weighted by Gasteiger charge is -2.05. The summed E-state index contributed by atoms with van der Waals surface area (Å²) in [6.45, 7) is 1.61. The van der Waals surface area contributed by atoms with Gasteiger partial charge in [-0.05, 0) is 42.5 Å². The Morgan fingerprint density at radius 2 is 1.76 bits per heavy atom. The summed E-state index contributed by atoms with van der Waals surface area (Å²) in [5.41, 5.74) is 0.227. The van der Waals surface area contributed by atoms with E-state index in [1.54, 1.807) is 43.3 Å².